The van der Waals surface area contributed by atoms with Crippen molar-refractivity contribution < 1.29 is 0 Å². The first kappa shape index (κ1) is 15.9. The Kier molecular flexibility index (Phi) is 7.98. The molecule has 0 rings (SSSR count). The van der Waals surface area contributed by atoms with E-state index < -0.39 is 0 Å². The van der Waals surface area contributed by atoms with E-state index in [2.05, 4.69) is 45.1 Å². The van der Waals surface area contributed by atoms with E-state index in [1.54, 1.807) is 0 Å². The number of hydrogen-bond donors (Lipinski definition) is 2. The van der Waals surface area contributed by atoms with Crippen LogP contribution >= 0.6 is 0 Å². The maximum absolute atomic E-state index is 5.45. The van der Waals surface area contributed by atoms with Gasteiger partial charge in [0.05, 0.1) is 0 Å². The summed E-state index contributed by atoms with van der Waals surface area (Å²) in [4.78, 5) is 2.31. The van der Waals surface area contributed by atoms with Gasteiger partial charge in [0.2, 0.25) is 0 Å². The van der Waals surface area contributed by atoms with Crippen molar-refractivity contribution in [2.24, 2.45) is 11.7 Å². The van der Waals surface area contributed by atoms with Crippen LogP contribution in [0.5, 0.6) is 0 Å². The van der Waals surface area contributed by atoms with Crippen LogP contribution in [0.2, 0.25) is 0 Å². The number of nitrogens with two attached hydrogens (primary N) is 1. The smallest absolute Gasteiger partial charge is 0.0173 e. The van der Waals surface area contributed by atoms with Gasteiger partial charge in [-0.05, 0) is 72.8 Å². The molecule has 1 unspecified atom stereocenters. The van der Waals surface area contributed by atoms with E-state index >= 15 is 0 Å². The highest BCUT2D eigenvalue weighted by atomic mass is 15.1. The predicted molar refractivity (Wildman–Crippen MR) is 72.7 cm³/mol. The molecule has 0 aliphatic heterocycles. The molecule has 0 amide bonds. The van der Waals surface area contributed by atoms with Gasteiger partial charge in [-0.15, -0.1) is 0 Å². The van der Waals surface area contributed by atoms with Crippen molar-refractivity contribution in [2.45, 2.75) is 45.6 Å². The monoisotopic (exact) mass is 229 g/mol. The Hall–Kier alpha value is -0.120. The topological polar surface area (TPSA) is 41.3 Å². The van der Waals surface area contributed by atoms with Crippen LogP contribution in [0.4, 0.5) is 0 Å². The quantitative estimate of drug-likeness (QED) is 0.591. The Morgan fingerprint density at radius 3 is 2.31 bits per heavy atom. The molecule has 1 atom stereocenters. The van der Waals surface area contributed by atoms with Gasteiger partial charge in [-0.25, -0.2) is 0 Å². The lowest BCUT2D eigenvalue weighted by Gasteiger charge is -2.38. The third kappa shape index (κ3) is 5.83. The molecule has 98 valence electrons. The number of nitrogens with one attached hydrogen (secondary N) is 1. The van der Waals surface area contributed by atoms with Gasteiger partial charge in [0.15, 0.2) is 0 Å². The van der Waals surface area contributed by atoms with Crippen LogP contribution in [0.3, 0.4) is 0 Å². The molecular weight excluding hydrogens is 198 g/mol. The van der Waals surface area contributed by atoms with Crippen molar-refractivity contribution in [1.82, 2.24) is 10.2 Å². The summed E-state index contributed by atoms with van der Waals surface area (Å²) in [5.41, 5.74) is 5.73. The second kappa shape index (κ2) is 8.04. The first-order valence-electron chi connectivity index (χ1n) is 6.51. The van der Waals surface area contributed by atoms with Crippen LogP contribution in [-0.4, -0.2) is 44.2 Å². The first-order valence-corrected chi connectivity index (χ1v) is 6.51. The van der Waals surface area contributed by atoms with Crippen LogP contribution in [0.25, 0.3) is 0 Å². The molecule has 16 heavy (non-hydrogen) atoms. The zero-order valence-electron chi connectivity index (χ0n) is 11.8. The second-order valence-electron chi connectivity index (χ2n) is 5.48. The number of rotatable bonds is 9. The number of hydrogen-bond acceptors (Lipinski definition) is 3. The van der Waals surface area contributed by atoms with Crippen molar-refractivity contribution in [3.8, 4) is 0 Å². The van der Waals surface area contributed by atoms with Crippen LogP contribution in [0, 0.1) is 5.92 Å². The van der Waals surface area contributed by atoms with E-state index in [9.17, 15) is 0 Å². The fraction of sp³-hybridized carbons (Fsp3) is 1.00. The largest absolute Gasteiger partial charge is 0.330 e. The maximum Gasteiger partial charge on any atom is 0.0173 e. The normalized spacial score (nSPS) is 14.4. The summed E-state index contributed by atoms with van der Waals surface area (Å²) in [5.74, 6) is 0.699. The summed E-state index contributed by atoms with van der Waals surface area (Å²) in [5, 5.41) is 3.49. The third-order valence-electron chi connectivity index (χ3n) is 3.92. The van der Waals surface area contributed by atoms with E-state index in [4.69, 9.17) is 5.73 Å². The Morgan fingerprint density at radius 2 is 1.81 bits per heavy atom. The summed E-state index contributed by atoms with van der Waals surface area (Å²) < 4.78 is 0. The number of unbranched alkanes of at least 4 members (excludes halogenated alkanes) is 1. The molecule has 0 radical (unpaired) electrons. The Morgan fingerprint density at radius 1 is 1.19 bits per heavy atom. The molecule has 0 fully saturated rings. The van der Waals surface area contributed by atoms with Gasteiger partial charge >= 0.3 is 0 Å². The molecule has 0 aromatic carbocycles. The first-order chi connectivity index (χ1) is 7.42. The van der Waals surface area contributed by atoms with Crippen LogP contribution in [0.1, 0.15) is 40.0 Å². The van der Waals surface area contributed by atoms with Crippen molar-refractivity contribution in [2.75, 3.05) is 33.7 Å². The molecule has 0 aromatic heterocycles. The van der Waals surface area contributed by atoms with Gasteiger partial charge in [-0.2, -0.15) is 0 Å². The molecule has 0 spiro atoms. The second-order valence-corrected chi connectivity index (χ2v) is 5.48. The summed E-state index contributed by atoms with van der Waals surface area (Å²) >= 11 is 0. The third-order valence-corrected chi connectivity index (χ3v) is 3.92. The van der Waals surface area contributed by atoms with Crippen molar-refractivity contribution in [3.63, 3.8) is 0 Å². The lowest BCUT2D eigenvalue weighted by molar-refractivity contribution is 0.120. The van der Waals surface area contributed by atoms with Crippen molar-refractivity contribution in [1.29, 1.82) is 0 Å². The number of nitrogens with zero attached hydrogens (tertiary/aromatic N) is 1. The molecule has 0 saturated heterocycles. The average molecular weight is 229 g/mol. The van der Waals surface area contributed by atoms with Gasteiger partial charge in [0.25, 0.3) is 0 Å². The van der Waals surface area contributed by atoms with Gasteiger partial charge in [-0.1, -0.05) is 6.92 Å². The van der Waals surface area contributed by atoms with E-state index in [0.717, 1.165) is 26.1 Å². The van der Waals surface area contributed by atoms with E-state index in [-0.39, 0.29) is 5.54 Å². The Bertz CT molecular complexity index is 167. The zero-order valence-corrected chi connectivity index (χ0v) is 11.8. The fourth-order valence-corrected chi connectivity index (χ4v) is 1.63. The lowest BCUT2D eigenvalue weighted by Crippen LogP contribution is -2.44. The summed E-state index contributed by atoms with van der Waals surface area (Å²) in [6.45, 7) is 9.99. The van der Waals surface area contributed by atoms with Gasteiger partial charge < -0.3 is 16.0 Å². The molecule has 0 saturated carbocycles. The van der Waals surface area contributed by atoms with Gasteiger partial charge in [0.1, 0.15) is 0 Å². The highest BCUT2D eigenvalue weighted by Gasteiger charge is 2.27. The SMILES string of the molecule is CC(CCNCCCCN)C(C)(C)N(C)C. The molecule has 0 aliphatic rings. The van der Waals surface area contributed by atoms with Crippen LogP contribution < -0.4 is 11.1 Å². The van der Waals surface area contributed by atoms with Gasteiger partial charge in [-0.3, -0.25) is 0 Å². The molecule has 0 heterocycles. The lowest BCUT2D eigenvalue weighted by atomic mass is 9.85. The zero-order chi connectivity index (χ0) is 12.6. The van der Waals surface area contributed by atoms with Crippen molar-refractivity contribution in [3.05, 3.63) is 0 Å². The minimum absolute atomic E-state index is 0.277. The minimum atomic E-state index is 0.277. The highest BCUT2D eigenvalue weighted by molar-refractivity contribution is 4.83. The Balaban J connectivity index is 3.61. The molecule has 3 heteroatoms. The molecular formula is C13H31N3. The summed E-state index contributed by atoms with van der Waals surface area (Å²) in [7, 11) is 4.32. The molecule has 0 bridgehead atoms. The summed E-state index contributed by atoms with van der Waals surface area (Å²) in [6.07, 6.45) is 3.56. The maximum atomic E-state index is 5.45. The van der Waals surface area contributed by atoms with E-state index in [1.165, 1.54) is 12.8 Å². The molecule has 3 nitrogen and oxygen atoms in total. The fourth-order valence-electron chi connectivity index (χ4n) is 1.63. The summed E-state index contributed by atoms with van der Waals surface area (Å²) in [6, 6.07) is 0. The molecule has 0 aromatic rings. The Labute approximate surface area is 102 Å². The average Bonchev–Trinajstić information content (AvgIpc) is 2.22. The molecule has 3 N–H and O–H groups in total. The van der Waals surface area contributed by atoms with E-state index in [1.807, 2.05) is 0 Å². The van der Waals surface area contributed by atoms with Crippen LogP contribution in [-0.2, 0) is 0 Å². The predicted octanol–water partition coefficient (Wildman–Crippen LogP) is 1.68. The highest BCUT2D eigenvalue weighted by Crippen LogP contribution is 2.23. The van der Waals surface area contributed by atoms with E-state index in [0.29, 0.717) is 5.92 Å². The van der Waals surface area contributed by atoms with Crippen molar-refractivity contribution >= 4 is 0 Å². The molecule has 0 aliphatic carbocycles. The standard InChI is InChI=1S/C13H31N3/c1-12(13(2,3)16(4)5)8-11-15-10-7-6-9-14/h12,15H,6-11,14H2,1-5H3. The van der Waals surface area contributed by atoms with Crippen LogP contribution in [0.15, 0.2) is 0 Å². The van der Waals surface area contributed by atoms with Gasteiger partial charge in [0, 0.05) is 5.54 Å². The minimum Gasteiger partial charge on any atom is -0.330 e.